The van der Waals surface area contributed by atoms with Gasteiger partial charge in [0.05, 0.1) is 18.8 Å². The SMILES string of the molecule is CN=C(NCC(=O)Nc1cccc(F)c1)NCc1nc(C)c(C)s1. The van der Waals surface area contributed by atoms with Gasteiger partial charge in [-0.25, -0.2) is 9.37 Å². The van der Waals surface area contributed by atoms with E-state index in [4.69, 9.17) is 0 Å². The third-order valence-electron chi connectivity index (χ3n) is 3.23. The van der Waals surface area contributed by atoms with Gasteiger partial charge in [0.25, 0.3) is 0 Å². The first kappa shape index (κ1) is 17.9. The molecule has 0 saturated heterocycles. The van der Waals surface area contributed by atoms with Crippen LogP contribution in [0.3, 0.4) is 0 Å². The molecule has 1 aromatic heterocycles. The van der Waals surface area contributed by atoms with Crippen LogP contribution in [0.1, 0.15) is 15.6 Å². The molecule has 2 aromatic rings. The summed E-state index contributed by atoms with van der Waals surface area (Å²) in [5, 5.41) is 9.58. The molecule has 0 atom stereocenters. The van der Waals surface area contributed by atoms with Gasteiger partial charge in [0, 0.05) is 17.6 Å². The Balaban J connectivity index is 1.79. The molecule has 2 rings (SSSR count). The summed E-state index contributed by atoms with van der Waals surface area (Å²) >= 11 is 1.62. The smallest absolute Gasteiger partial charge is 0.243 e. The number of amides is 1. The monoisotopic (exact) mass is 349 g/mol. The lowest BCUT2D eigenvalue weighted by molar-refractivity contribution is -0.115. The maximum absolute atomic E-state index is 13.1. The van der Waals surface area contributed by atoms with Gasteiger partial charge in [-0.2, -0.15) is 0 Å². The molecule has 0 aliphatic heterocycles. The van der Waals surface area contributed by atoms with Gasteiger partial charge < -0.3 is 16.0 Å². The van der Waals surface area contributed by atoms with E-state index in [-0.39, 0.29) is 12.5 Å². The van der Waals surface area contributed by atoms with Gasteiger partial charge >= 0.3 is 0 Å². The summed E-state index contributed by atoms with van der Waals surface area (Å²) in [7, 11) is 1.62. The van der Waals surface area contributed by atoms with E-state index in [1.54, 1.807) is 24.5 Å². The van der Waals surface area contributed by atoms with Gasteiger partial charge in [-0.1, -0.05) is 6.07 Å². The van der Waals surface area contributed by atoms with Gasteiger partial charge in [-0.05, 0) is 32.0 Å². The predicted molar refractivity (Wildman–Crippen MR) is 94.8 cm³/mol. The van der Waals surface area contributed by atoms with Crippen molar-refractivity contribution in [3.05, 3.63) is 45.7 Å². The molecule has 0 spiro atoms. The molecule has 1 heterocycles. The Morgan fingerprint density at radius 2 is 2.12 bits per heavy atom. The van der Waals surface area contributed by atoms with Crippen LogP contribution in [-0.2, 0) is 11.3 Å². The van der Waals surface area contributed by atoms with Gasteiger partial charge in [-0.15, -0.1) is 11.3 Å². The van der Waals surface area contributed by atoms with E-state index < -0.39 is 5.82 Å². The minimum absolute atomic E-state index is 0.0200. The van der Waals surface area contributed by atoms with Crippen LogP contribution in [0.2, 0.25) is 0 Å². The number of thiazole rings is 1. The maximum atomic E-state index is 13.1. The van der Waals surface area contributed by atoms with E-state index >= 15 is 0 Å². The van der Waals surface area contributed by atoms with E-state index in [1.807, 2.05) is 13.8 Å². The highest BCUT2D eigenvalue weighted by Gasteiger charge is 2.07. The molecule has 128 valence electrons. The first-order valence-corrected chi connectivity index (χ1v) is 8.22. The number of aromatic nitrogens is 1. The van der Waals surface area contributed by atoms with Crippen LogP contribution in [0.4, 0.5) is 10.1 Å². The predicted octanol–water partition coefficient (Wildman–Crippen LogP) is 2.20. The number of hydrogen-bond donors (Lipinski definition) is 3. The van der Waals surface area contributed by atoms with Gasteiger partial charge in [0.1, 0.15) is 10.8 Å². The van der Waals surface area contributed by atoms with Gasteiger partial charge in [0.2, 0.25) is 5.91 Å². The number of hydrogen-bond acceptors (Lipinski definition) is 4. The number of halogens is 1. The standard InChI is InChI=1S/C16H20FN5OS/c1-10-11(2)24-15(21-10)9-20-16(18-3)19-8-14(23)22-13-6-4-5-12(17)7-13/h4-7H,8-9H2,1-3H3,(H,22,23)(H2,18,19,20). The Labute approximate surface area is 144 Å². The van der Waals surface area contributed by atoms with Gasteiger partial charge in [0.15, 0.2) is 5.96 Å². The lowest BCUT2D eigenvalue weighted by Gasteiger charge is -2.11. The molecular weight excluding hydrogens is 329 g/mol. The lowest BCUT2D eigenvalue weighted by Crippen LogP contribution is -2.41. The largest absolute Gasteiger partial charge is 0.350 e. The molecule has 0 radical (unpaired) electrons. The molecule has 0 bridgehead atoms. The molecule has 0 saturated carbocycles. The van der Waals surface area contributed by atoms with Crippen molar-refractivity contribution in [1.29, 1.82) is 0 Å². The molecule has 8 heteroatoms. The van der Waals surface area contributed by atoms with Gasteiger partial charge in [-0.3, -0.25) is 9.79 Å². The minimum Gasteiger partial charge on any atom is -0.350 e. The number of carbonyl (C=O) groups is 1. The van der Waals surface area contributed by atoms with Crippen LogP contribution in [0.15, 0.2) is 29.3 Å². The second-order valence-corrected chi connectivity index (χ2v) is 6.37. The fourth-order valence-electron chi connectivity index (χ4n) is 1.93. The number of benzene rings is 1. The Hall–Kier alpha value is -2.48. The van der Waals surface area contributed by atoms with Crippen molar-refractivity contribution in [1.82, 2.24) is 15.6 Å². The fraction of sp³-hybridized carbons (Fsp3) is 0.312. The average molecular weight is 349 g/mol. The highest BCUT2D eigenvalue weighted by atomic mass is 32.1. The quantitative estimate of drug-likeness (QED) is 0.571. The topological polar surface area (TPSA) is 78.4 Å². The molecule has 3 N–H and O–H groups in total. The summed E-state index contributed by atoms with van der Waals surface area (Å²) in [6.07, 6.45) is 0. The number of anilines is 1. The number of aliphatic imine (C=N–C) groups is 1. The second-order valence-electron chi connectivity index (χ2n) is 5.09. The molecule has 6 nitrogen and oxygen atoms in total. The number of rotatable bonds is 5. The third kappa shape index (κ3) is 5.31. The summed E-state index contributed by atoms with van der Waals surface area (Å²) in [6, 6.07) is 5.75. The molecular formula is C16H20FN5OS. The van der Waals surface area contributed by atoms with Crippen LogP contribution in [0.25, 0.3) is 0 Å². The first-order chi connectivity index (χ1) is 11.5. The van der Waals surface area contributed by atoms with Crippen molar-refractivity contribution in [2.45, 2.75) is 20.4 Å². The van der Waals surface area contributed by atoms with E-state index in [0.29, 0.717) is 18.2 Å². The zero-order chi connectivity index (χ0) is 17.5. The Morgan fingerprint density at radius 3 is 2.75 bits per heavy atom. The second kappa shape index (κ2) is 8.39. The van der Waals surface area contributed by atoms with Crippen LogP contribution < -0.4 is 16.0 Å². The first-order valence-electron chi connectivity index (χ1n) is 7.40. The molecule has 0 aliphatic carbocycles. The van der Waals surface area contributed by atoms with Crippen molar-refractivity contribution in [2.24, 2.45) is 4.99 Å². The summed E-state index contributed by atoms with van der Waals surface area (Å²) in [5.74, 6) is -0.188. The Bertz CT molecular complexity index is 724. The van der Waals surface area contributed by atoms with E-state index in [9.17, 15) is 9.18 Å². The Kier molecular flexibility index (Phi) is 6.25. The lowest BCUT2D eigenvalue weighted by atomic mass is 10.3. The maximum Gasteiger partial charge on any atom is 0.243 e. The van der Waals surface area contributed by atoms with E-state index in [2.05, 4.69) is 25.9 Å². The molecule has 1 aromatic carbocycles. The highest BCUT2D eigenvalue weighted by Crippen LogP contribution is 2.15. The number of nitrogens with zero attached hydrogens (tertiary/aromatic N) is 2. The van der Waals surface area contributed by atoms with Crippen LogP contribution >= 0.6 is 11.3 Å². The molecule has 0 fully saturated rings. The number of nitrogens with one attached hydrogen (secondary N) is 3. The summed E-state index contributed by atoms with van der Waals surface area (Å²) in [5.41, 5.74) is 1.44. The fourth-order valence-corrected chi connectivity index (χ4v) is 2.80. The zero-order valence-electron chi connectivity index (χ0n) is 13.8. The normalized spacial score (nSPS) is 11.2. The van der Waals surface area contributed by atoms with E-state index in [1.165, 1.54) is 23.1 Å². The number of guanidine groups is 1. The Morgan fingerprint density at radius 1 is 1.33 bits per heavy atom. The van der Waals surface area contributed by atoms with Crippen molar-refractivity contribution < 1.29 is 9.18 Å². The van der Waals surface area contributed by atoms with Crippen molar-refractivity contribution in [3.63, 3.8) is 0 Å². The van der Waals surface area contributed by atoms with Crippen molar-refractivity contribution in [2.75, 3.05) is 18.9 Å². The molecule has 0 unspecified atom stereocenters. The average Bonchev–Trinajstić information content (AvgIpc) is 2.86. The van der Waals surface area contributed by atoms with E-state index in [0.717, 1.165) is 10.7 Å². The summed E-state index contributed by atoms with van der Waals surface area (Å²) in [4.78, 5) is 21.6. The number of carbonyl (C=O) groups excluding carboxylic acids is 1. The molecule has 1 amide bonds. The van der Waals surface area contributed by atoms with Crippen LogP contribution in [0, 0.1) is 19.7 Å². The minimum atomic E-state index is -0.396. The molecule has 0 aliphatic rings. The zero-order valence-corrected chi connectivity index (χ0v) is 14.6. The summed E-state index contributed by atoms with van der Waals surface area (Å²) in [6.45, 7) is 4.55. The van der Waals surface area contributed by atoms with Crippen LogP contribution in [0.5, 0.6) is 0 Å². The summed E-state index contributed by atoms with van der Waals surface area (Å²) < 4.78 is 13.1. The van der Waals surface area contributed by atoms with Crippen molar-refractivity contribution >= 4 is 28.9 Å². The molecule has 24 heavy (non-hydrogen) atoms. The van der Waals surface area contributed by atoms with Crippen molar-refractivity contribution in [3.8, 4) is 0 Å². The number of aryl methyl sites for hydroxylation is 2. The third-order valence-corrected chi connectivity index (χ3v) is 4.30. The van der Waals surface area contributed by atoms with Crippen LogP contribution in [-0.4, -0.2) is 30.4 Å². The highest BCUT2D eigenvalue weighted by molar-refractivity contribution is 7.11.